The maximum Gasteiger partial charge on any atom is 0.240 e. The van der Waals surface area contributed by atoms with Crippen molar-refractivity contribution in [2.75, 3.05) is 0 Å². The Balaban J connectivity index is 2.21. The number of nitrogens with one attached hydrogen (secondary N) is 1. The predicted octanol–water partition coefficient (Wildman–Crippen LogP) is 1.75. The van der Waals surface area contributed by atoms with Gasteiger partial charge in [0.25, 0.3) is 0 Å². The summed E-state index contributed by atoms with van der Waals surface area (Å²) < 4.78 is 0. The van der Waals surface area contributed by atoms with Crippen LogP contribution in [0.5, 0.6) is 0 Å². The van der Waals surface area contributed by atoms with Crippen molar-refractivity contribution < 1.29 is 9.59 Å². The highest BCUT2D eigenvalue weighted by molar-refractivity contribution is 9.10. The second kappa shape index (κ2) is 3.65. The monoisotopic (exact) mass is 259 g/mol. The molecule has 0 aromatic carbocycles. The van der Waals surface area contributed by atoms with Gasteiger partial charge in [0.1, 0.15) is 0 Å². The number of alkyl halides is 1. The summed E-state index contributed by atoms with van der Waals surface area (Å²) in [5.74, 6) is -0.254. The van der Waals surface area contributed by atoms with Crippen molar-refractivity contribution in [1.82, 2.24) is 5.32 Å². The zero-order valence-electron chi connectivity index (χ0n) is 8.01. The summed E-state index contributed by atoms with van der Waals surface area (Å²) in [5.41, 5.74) is -0.0856. The topological polar surface area (TPSA) is 46.2 Å². The number of hydrogen-bond acceptors (Lipinski definition) is 2. The lowest BCUT2D eigenvalue weighted by Gasteiger charge is -2.42. The fourth-order valence-corrected chi connectivity index (χ4v) is 3.35. The van der Waals surface area contributed by atoms with Crippen LogP contribution in [0.1, 0.15) is 38.5 Å². The van der Waals surface area contributed by atoms with E-state index >= 15 is 0 Å². The van der Waals surface area contributed by atoms with Crippen molar-refractivity contribution in [2.24, 2.45) is 5.41 Å². The average molecular weight is 260 g/mol. The Morgan fingerprint density at radius 1 is 1.21 bits per heavy atom. The Kier molecular flexibility index (Phi) is 2.64. The van der Waals surface area contributed by atoms with Gasteiger partial charge >= 0.3 is 0 Å². The van der Waals surface area contributed by atoms with Crippen LogP contribution in [0.15, 0.2) is 0 Å². The number of halogens is 1. The van der Waals surface area contributed by atoms with Gasteiger partial charge in [0, 0.05) is 11.8 Å². The van der Waals surface area contributed by atoms with E-state index in [1.165, 1.54) is 6.42 Å². The Bertz CT molecular complexity index is 271. The molecule has 1 saturated carbocycles. The number of piperidine rings is 1. The summed E-state index contributed by atoms with van der Waals surface area (Å²) in [5, 5.41) is 2.38. The highest BCUT2D eigenvalue weighted by Crippen LogP contribution is 2.46. The molecule has 2 rings (SSSR count). The van der Waals surface area contributed by atoms with Gasteiger partial charge in [-0.05, 0) is 12.8 Å². The lowest BCUT2D eigenvalue weighted by molar-refractivity contribution is -0.138. The van der Waals surface area contributed by atoms with Gasteiger partial charge in [-0.1, -0.05) is 35.2 Å². The minimum absolute atomic E-state index is 0.0856. The second-order valence-corrected chi connectivity index (χ2v) is 5.29. The zero-order valence-corrected chi connectivity index (χ0v) is 9.60. The number of carbonyl (C=O) groups is 2. The first kappa shape index (κ1) is 10.1. The second-order valence-electron chi connectivity index (χ2n) is 4.37. The molecule has 1 N–H and O–H groups in total. The van der Waals surface area contributed by atoms with E-state index in [0.29, 0.717) is 6.42 Å². The average Bonchev–Trinajstić information content (AvgIpc) is 2.15. The van der Waals surface area contributed by atoms with Gasteiger partial charge in [0.05, 0.1) is 4.83 Å². The Labute approximate surface area is 91.8 Å². The zero-order chi connectivity index (χ0) is 10.2. The fraction of sp³-hybridized carbons (Fsp3) is 0.800. The maximum absolute atomic E-state index is 11.5. The minimum atomic E-state index is -0.173. The summed E-state index contributed by atoms with van der Waals surface area (Å²) in [6.45, 7) is 0. The standard InChI is InChI=1S/C10H14BrNO2/c11-8-9(14)12-7(13)6-10(8)4-2-1-3-5-10/h8H,1-6H2,(H,12,13,14). The lowest BCUT2D eigenvalue weighted by atomic mass is 9.68. The van der Waals surface area contributed by atoms with E-state index in [2.05, 4.69) is 21.2 Å². The Hall–Kier alpha value is -0.380. The van der Waals surface area contributed by atoms with Crippen LogP contribution in [0, 0.1) is 5.41 Å². The lowest BCUT2D eigenvalue weighted by Crippen LogP contribution is -2.53. The first-order chi connectivity index (χ1) is 6.64. The molecule has 3 nitrogen and oxygen atoms in total. The van der Waals surface area contributed by atoms with Crippen molar-refractivity contribution in [1.29, 1.82) is 0 Å². The van der Waals surface area contributed by atoms with Gasteiger partial charge in [0.2, 0.25) is 11.8 Å². The van der Waals surface area contributed by atoms with Crippen molar-refractivity contribution in [3.8, 4) is 0 Å². The molecule has 1 atom stereocenters. The van der Waals surface area contributed by atoms with Crippen molar-refractivity contribution in [3.63, 3.8) is 0 Å². The Morgan fingerprint density at radius 2 is 1.86 bits per heavy atom. The molecule has 0 aromatic rings. The molecule has 1 heterocycles. The maximum atomic E-state index is 11.5. The SMILES string of the molecule is O=C1CC2(CCCCC2)C(Br)C(=O)N1. The van der Waals surface area contributed by atoms with E-state index in [1.807, 2.05) is 0 Å². The molecule has 1 aliphatic heterocycles. The van der Waals surface area contributed by atoms with Crippen LogP contribution in [0.3, 0.4) is 0 Å². The van der Waals surface area contributed by atoms with E-state index in [9.17, 15) is 9.59 Å². The molecule has 2 amide bonds. The van der Waals surface area contributed by atoms with Crippen LogP contribution in [0.4, 0.5) is 0 Å². The highest BCUT2D eigenvalue weighted by atomic mass is 79.9. The number of hydrogen-bond donors (Lipinski definition) is 1. The Morgan fingerprint density at radius 3 is 2.50 bits per heavy atom. The summed E-state index contributed by atoms with van der Waals surface area (Å²) in [6.07, 6.45) is 6.03. The van der Waals surface area contributed by atoms with Gasteiger partial charge in [-0.15, -0.1) is 0 Å². The van der Waals surface area contributed by atoms with E-state index < -0.39 is 0 Å². The molecule has 1 aliphatic carbocycles. The molecule has 1 saturated heterocycles. The van der Waals surface area contributed by atoms with E-state index in [0.717, 1.165) is 25.7 Å². The summed E-state index contributed by atoms with van der Waals surface area (Å²) in [4.78, 5) is 22.7. The van der Waals surface area contributed by atoms with Crippen LogP contribution < -0.4 is 5.32 Å². The predicted molar refractivity (Wildman–Crippen MR) is 56.0 cm³/mol. The van der Waals surface area contributed by atoms with Gasteiger partial charge in [-0.25, -0.2) is 0 Å². The molecular formula is C10H14BrNO2. The smallest absolute Gasteiger partial charge is 0.240 e. The van der Waals surface area contributed by atoms with Crippen molar-refractivity contribution in [3.05, 3.63) is 0 Å². The third-order valence-corrected chi connectivity index (χ3v) is 4.78. The number of amides is 2. The third-order valence-electron chi connectivity index (χ3n) is 3.39. The molecule has 1 unspecified atom stereocenters. The number of carbonyl (C=O) groups excluding carboxylic acids is 2. The van der Waals surface area contributed by atoms with Crippen LogP contribution in [0.2, 0.25) is 0 Å². The van der Waals surface area contributed by atoms with E-state index in [-0.39, 0.29) is 22.1 Å². The highest BCUT2D eigenvalue weighted by Gasteiger charge is 2.47. The molecular weight excluding hydrogens is 246 g/mol. The number of rotatable bonds is 0. The largest absolute Gasteiger partial charge is 0.295 e. The third kappa shape index (κ3) is 1.60. The summed E-state index contributed by atoms with van der Waals surface area (Å²) in [7, 11) is 0. The van der Waals surface area contributed by atoms with E-state index in [1.54, 1.807) is 0 Å². The van der Waals surface area contributed by atoms with Crippen LogP contribution >= 0.6 is 15.9 Å². The molecule has 0 aromatic heterocycles. The molecule has 14 heavy (non-hydrogen) atoms. The van der Waals surface area contributed by atoms with Gasteiger partial charge in [0.15, 0.2) is 0 Å². The van der Waals surface area contributed by atoms with E-state index in [4.69, 9.17) is 0 Å². The minimum Gasteiger partial charge on any atom is -0.295 e. The number of imide groups is 1. The molecule has 4 heteroatoms. The summed E-state index contributed by atoms with van der Waals surface area (Å²) >= 11 is 3.44. The van der Waals surface area contributed by atoms with Crippen LogP contribution in [-0.2, 0) is 9.59 Å². The van der Waals surface area contributed by atoms with Crippen LogP contribution in [-0.4, -0.2) is 16.6 Å². The first-order valence-electron chi connectivity index (χ1n) is 5.12. The van der Waals surface area contributed by atoms with Gasteiger partial charge < -0.3 is 0 Å². The first-order valence-corrected chi connectivity index (χ1v) is 6.03. The van der Waals surface area contributed by atoms with Gasteiger partial charge in [-0.2, -0.15) is 0 Å². The molecule has 2 fully saturated rings. The molecule has 1 spiro atoms. The normalized spacial score (nSPS) is 31.6. The quantitative estimate of drug-likeness (QED) is 0.532. The molecule has 0 bridgehead atoms. The van der Waals surface area contributed by atoms with Crippen molar-refractivity contribution in [2.45, 2.75) is 43.4 Å². The van der Waals surface area contributed by atoms with Crippen molar-refractivity contribution >= 4 is 27.7 Å². The molecule has 78 valence electrons. The molecule has 0 radical (unpaired) electrons. The summed E-state index contributed by atoms with van der Waals surface area (Å²) in [6, 6.07) is 0. The fourth-order valence-electron chi connectivity index (χ4n) is 2.62. The van der Waals surface area contributed by atoms with Gasteiger partial charge in [-0.3, -0.25) is 14.9 Å². The molecule has 2 aliphatic rings. The van der Waals surface area contributed by atoms with Crippen LogP contribution in [0.25, 0.3) is 0 Å².